The van der Waals surface area contributed by atoms with Crippen LogP contribution in [0, 0.1) is 23.7 Å². The number of hydrogen-bond acceptors (Lipinski definition) is 3. The van der Waals surface area contributed by atoms with E-state index in [0.717, 1.165) is 0 Å². The van der Waals surface area contributed by atoms with Crippen molar-refractivity contribution in [1.29, 1.82) is 0 Å². The molecular formula is C13H20O3. The van der Waals surface area contributed by atoms with Crippen molar-refractivity contribution in [3.63, 3.8) is 0 Å². The standard InChI is InChI=1S/C13H20O3/c1-5-10-8(3)7(2)6-13(15)11(10)9(4)16-12(13)14/h5,7-11,15H,1,6H2,2-4H3/t7-,8?,9+,10-,11-,13-/m0/s1. The van der Waals surface area contributed by atoms with Gasteiger partial charge in [0.05, 0.1) is 0 Å². The molecule has 1 saturated heterocycles. The van der Waals surface area contributed by atoms with Gasteiger partial charge in [0.15, 0.2) is 5.60 Å². The van der Waals surface area contributed by atoms with E-state index in [1.807, 2.05) is 13.0 Å². The minimum Gasteiger partial charge on any atom is -0.460 e. The van der Waals surface area contributed by atoms with Crippen LogP contribution in [-0.2, 0) is 9.53 Å². The van der Waals surface area contributed by atoms with Gasteiger partial charge < -0.3 is 9.84 Å². The summed E-state index contributed by atoms with van der Waals surface area (Å²) in [6.07, 6.45) is 2.16. The highest BCUT2D eigenvalue weighted by Crippen LogP contribution is 2.50. The van der Waals surface area contributed by atoms with Crippen LogP contribution < -0.4 is 0 Å². The molecule has 1 saturated carbocycles. The average Bonchev–Trinajstić information content (AvgIpc) is 2.42. The highest BCUT2D eigenvalue weighted by atomic mass is 16.6. The van der Waals surface area contributed by atoms with E-state index in [4.69, 9.17) is 4.74 Å². The Labute approximate surface area is 96.5 Å². The quantitative estimate of drug-likeness (QED) is 0.545. The third-order valence-electron chi connectivity index (χ3n) is 4.53. The Morgan fingerprint density at radius 3 is 2.69 bits per heavy atom. The minimum absolute atomic E-state index is 0.135. The summed E-state index contributed by atoms with van der Waals surface area (Å²) in [5.41, 5.74) is -1.29. The Morgan fingerprint density at radius 1 is 1.50 bits per heavy atom. The van der Waals surface area contributed by atoms with Crippen molar-refractivity contribution in [2.45, 2.75) is 38.9 Å². The zero-order valence-corrected chi connectivity index (χ0v) is 10.1. The maximum absolute atomic E-state index is 11.7. The van der Waals surface area contributed by atoms with Gasteiger partial charge in [0.25, 0.3) is 0 Å². The van der Waals surface area contributed by atoms with Gasteiger partial charge in [-0.1, -0.05) is 19.9 Å². The van der Waals surface area contributed by atoms with Crippen molar-refractivity contribution in [2.24, 2.45) is 23.7 Å². The van der Waals surface area contributed by atoms with Crippen LogP contribution in [0.4, 0.5) is 0 Å². The molecule has 0 aromatic rings. The van der Waals surface area contributed by atoms with E-state index in [9.17, 15) is 9.90 Å². The van der Waals surface area contributed by atoms with Gasteiger partial charge in [0, 0.05) is 5.92 Å². The van der Waals surface area contributed by atoms with E-state index in [1.165, 1.54) is 0 Å². The summed E-state index contributed by atoms with van der Waals surface area (Å²) >= 11 is 0. The summed E-state index contributed by atoms with van der Waals surface area (Å²) in [7, 11) is 0. The van der Waals surface area contributed by atoms with Gasteiger partial charge in [-0.05, 0) is 31.1 Å². The Balaban J connectivity index is 2.41. The van der Waals surface area contributed by atoms with Gasteiger partial charge in [-0.15, -0.1) is 6.58 Å². The molecule has 2 fully saturated rings. The zero-order valence-electron chi connectivity index (χ0n) is 10.1. The van der Waals surface area contributed by atoms with Crippen molar-refractivity contribution in [2.75, 3.05) is 0 Å². The van der Waals surface area contributed by atoms with Crippen LogP contribution in [0.2, 0.25) is 0 Å². The highest BCUT2D eigenvalue weighted by Gasteiger charge is 2.61. The molecule has 0 bridgehead atoms. The van der Waals surface area contributed by atoms with Gasteiger partial charge in [-0.3, -0.25) is 0 Å². The average molecular weight is 224 g/mol. The monoisotopic (exact) mass is 224 g/mol. The predicted molar refractivity (Wildman–Crippen MR) is 60.6 cm³/mol. The fourth-order valence-electron chi connectivity index (χ4n) is 3.46. The molecule has 2 aliphatic rings. The second-order valence-electron chi connectivity index (χ2n) is 5.41. The van der Waals surface area contributed by atoms with Crippen LogP contribution in [0.15, 0.2) is 12.7 Å². The lowest BCUT2D eigenvalue weighted by molar-refractivity contribution is -0.160. The molecule has 1 unspecified atom stereocenters. The van der Waals surface area contributed by atoms with Crippen LogP contribution in [0.5, 0.6) is 0 Å². The van der Waals surface area contributed by atoms with Crippen LogP contribution in [0.25, 0.3) is 0 Å². The fraction of sp³-hybridized carbons (Fsp3) is 0.769. The number of esters is 1. The molecule has 2 rings (SSSR count). The van der Waals surface area contributed by atoms with Crippen LogP contribution in [-0.4, -0.2) is 22.8 Å². The lowest BCUT2D eigenvalue weighted by Crippen LogP contribution is -2.52. The van der Waals surface area contributed by atoms with E-state index >= 15 is 0 Å². The Kier molecular flexibility index (Phi) is 2.61. The van der Waals surface area contributed by atoms with Gasteiger partial charge in [0.1, 0.15) is 6.10 Å². The molecule has 16 heavy (non-hydrogen) atoms. The lowest BCUT2D eigenvalue weighted by Gasteiger charge is -2.44. The van der Waals surface area contributed by atoms with Crippen molar-refractivity contribution >= 4 is 5.97 Å². The number of aliphatic hydroxyl groups is 1. The fourth-order valence-corrected chi connectivity index (χ4v) is 3.46. The van der Waals surface area contributed by atoms with E-state index in [1.54, 1.807) is 0 Å². The molecule has 3 heteroatoms. The first-order valence-corrected chi connectivity index (χ1v) is 5.97. The molecule has 3 nitrogen and oxygen atoms in total. The number of cyclic esters (lactones) is 1. The largest absolute Gasteiger partial charge is 0.460 e. The van der Waals surface area contributed by atoms with E-state index in [2.05, 4.69) is 20.4 Å². The predicted octanol–water partition coefficient (Wildman–Crippen LogP) is 1.76. The number of hydrogen-bond donors (Lipinski definition) is 1. The normalized spacial score (nSPS) is 52.0. The molecule has 1 aliphatic carbocycles. The van der Waals surface area contributed by atoms with Crippen LogP contribution >= 0.6 is 0 Å². The highest BCUT2D eigenvalue weighted by molar-refractivity contribution is 5.82. The summed E-state index contributed by atoms with van der Waals surface area (Å²) in [6.45, 7) is 9.94. The molecule has 1 aliphatic heterocycles. The minimum atomic E-state index is -1.29. The third kappa shape index (κ3) is 1.34. The number of ether oxygens (including phenoxy) is 1. The van der Waals surface area contributed by atoms with Gasteiger partial charge in [-0.25, -0.2) is 4.79 Å². The molecule has 0 aromatic carbocycles. The SMILES string of the molecule is C=C[C@H]1C(C)[C@@H](C)C[C@@]2(O)C(=O)O[C@H](C)[C@@H]12. The number of carbonyl (C=O) groups is 1. The molecule has 0 amide bonds. The summed E-state index contributed by atoms with van der Waals surface area (Å²) < 4.78 is 5.20. The number of carbonyl (C=O) groups excluding carboxylic acids is 1. The summed E-state index contributed by atoms with van der Waals surface area (Å²) in [4.78, 5) is 11.7. The third-order valence-corrected chi connectivity index (χ3v) is 4.53. The van der Waals surface area contributed by atoms with Gasteiger partial charge in [0.2, 0.25) is 0 Å². The molecule has 1 heterocycles. The van der Waals surface area contributed by atoms with Gasteiger partial charge >= 0.3 is 5.97 Å². The molecule has 90 valence electrons. The molecular weight excluding hydrogens is 204 g/mol. The summed E-state index contributed by atoms with van der Waals surface area (Å²) in [5.74, 6) is 0.302. The Hall–Kier alpha value is -0.830. The molecule has 6 atom stereocenters. The zero-order chi connectivity index (χ0) is 12.1. The smallest absolute Gasteiger partial charge is 0.338 e. The summed E-state index contributed by atoms with van der Waals surface area (Å²) in [6, 6.07) is 0. The van der Waals surface area contributed by atoms with E-state index in [-0.39, 0.29) is 17.9 Å². The second kappa shape index (κ2) is 3.59. The molecule has 1 N–H and O–H groups in total. The molecule has 0 aromatic heterocycles. The first kappa shape index (κ1) is 11.6. The van der Waals surface area contributed by atoms with E-state index in [0.29, 0.717) is 18.3 Å². The van der Waals surface area contributed by atoms with E-state index < -0.39 is 11.6 Å². The van der Waals surface area contributed by atoms with Crippen molar-refractivity contribution < 1.29 is 14.6 Å². The Bertz CT molecular complexity index is 325. The number of fused-ring (bicyclic) bond motifs is 1. The first-order valence-electron chi connectivity index (χ1n) is 5.97. The Morgan fingerprint density at radius 2 is 2.12 bits per heavy atom. The van der Waals surface area contributed by atoms with Gasteiger partial charge in [-0.2, -0.15) is 0 Å². The summed E-state index contributed by atoms with van der Waals surface area (Å²) in [5, 5.41) is 10.5. The maximum Gasteiger partial charge on any atom is 0.338 e. The van der Waals surface area contributed by atoms with Crippen LogP contribution in [0.1, 0.15) is 27.2 Å². The molecule has 0 radical (unpaired) electrons. The number of allylic oxidation sites excluding steroid dienone is 1. The maximum atomic E-state index is 11.7. The first-order chi connectivity index (χ1) is 7.41. The second-order valence-corrected chi connectivity index (χ2v) is 5.41. The van der Waals surface area contributed by atoms with Crippen LogP contribution in [0.3, 0.4) is 0 Å². The van der Waals surface area contributed by atoms with Crippen molar-refractivity contribution in [3.8, 4) is 0 Å². The van der Waals surface area contributed by atoms with Crippen molar-refractivity contribution in [1.82, 2.24) is 0 Å². The topological polar surface area (TPSA) is 46.5 Å². The molecule has 0 spiro atoms. The van der Waals surface area contributed by atoms with Crippen molar-refractivity contribution in [3.05, 3.63) is 12.7 Å². The number of rotatable bonds is 1. The lowest BCUT2D eigenvalue weighted by atomic mass is 9.60.